The molecule has 1 atom stereocenters. The molecule has 1 heterocycles. The van der Waals surface area contributed by atoms with Crippen LogP contribution in [0.1, 0.15) is 65.6 Å². The summed E-state index contributed by atoms with van der Waals surface area (Å²) in [5.74, 6) is 0.0392. The van der Waals surface area contributed by atoms with E-state index >= 15 is 0 Å². The average molecular weight is 326 g/mol. The third-order valence-corrected chi connectivity index (χ3v) is 4.90. The number of carbonyl (C=O) groups is 1. The van der Waals surface area contributed by atoms with Crippen LogP contribution in [0, 0.1) is 20.8 Å². The van der Waals surface area contributed by atoms with Crippen molar-refractivity contribution in [3.8, 4) is 0 Å². The standard InChI is InChI=1S/C21H30N2O/c1-7-15(4)22-21(24)20-16(5)19(8-2)17(6)23(20)13-18-11-9-10-14(3)12-18/h9-12,15H,7-8,13H2,1-6H3,(H,22,24)/t15-/m0/s1. The van der Waals surface area contributed by atoms with Crippen molar-refractivity contribution in [2.75, 3.05) is 0 Å². The predicted molar refractivity (Wildman–Crippen MR) is 101 cm³/mol. The van der Waals surface area contributed by atoms with Crippen LogP contribution in [0.3, 0.4) is 0 Å². The largest absolute Gasteiger partial charge is 0.348 e. The van der Waals surface area contributed by atoms with Gasteiger partial charge in [0.05, 0.1) is 0 Å². The van der Waals surface area contributed by atoms with Crippen LogP contribution in [0.5, 0.6) is 0 Å². The number of carbonyl (C=O) groups excluding carboxylic acids is 1. The van der Waals surface area contributed by atoms with Gasteiger partial charge in [-0.1, -0.05) is 43.7 Å². The number of aryl methyl sites for hydroxylation is 1. The highest BCUT2D eigenvalue weighted by Gasteiger charge is 2.22. The Balaban J connectivity index is 2.47. The van der Waals surface area contributed by atoms with E-state index in [0.29, 0.717) is 0 Å². The molecule has 1 aromatic heterocycles. The minimum Gasteiger partial charge on any atom is -0.348 e. The summed E-state index contributed by atoms with van der Waals surface area (Å²) in [5.41, 5.74) is 6.89. The molecule has 2 aromatic rings. The van der Waals surface area contributed by atoms with Gasteiger partial charge in [0.2, 0.25) is 0 Å². The summed E-state index contributed by atoms with van der Waals surface area (Å²) in [4.78, 5) is 12.9. The maximum Gasteiger partial charge on any atom is 0.268 e. The van der Waals surface area contributed by atoms with Crippen molar-refractivity contribution >= 4 is 5.91 Å². The molecule has 1 N–H and O–H groups in total. The SMILES string of the molecule is CCc1c(C)c(C(=O)N[C@@H](C)CC)n(Cc2cccc(C)c2)c1C. The smallest absolute Gasteiger partial charge is 0.268 e. The minimum absolute atomic E-state index is 0.0392. The lowest BCUT2D eigenvalue weighted by atomic mass is 10.1. The van der Waals surface area contributed by atoms with E-state index in [9.17, 15) is 4.79 Å². The van der Waals surface area contributed by atoms with E-state index in [0.717, 1.165) is 30.6 Å². The molecule has 1 aromatic carbocycles. The summed E-state index contributed by atoms with van der Waals surface area (Å²) in [6, 6.07) is 8.69. The van der Waals surface area contributed by atoms with E-state index in [-0.39, 0.29) is 11.9 Å². The number of hydrogen-bond acceptors (Lipinski definition) is 1. The Kier molecular flexibility index (Phi) is 5.87. The van der Waals surface area contributed by atoms with Crippen LogP contribution in [0.15, 0.2) is 24.3 Å². The Morgan fingerprint density at radius 2 is 1.92 bits per heavy atom. The molecule has 24 heavy (non-hydrogen) atoms. The van der Waals surface area contributed by atoms with Crippen LogP contribution in [-0.4, -0.2) is 16.5 Å². The van der Waals surface area contributed by atoms with Gasteiger partial charge in [0.1, 0.15) is 5.69 Å². The van der Waals surface area contributed by atoms with E-state index in [2.05, 4.69) is 75.7 Å². The number of rotatable bonds is 6. The molecule has 0 fully saturated rings. The number of nitrogens with zero attached hydrogens (tertiary/aromatic N) is 1. The highest BCUT2D eigenvalue weighted by Crippen LogP contribution is 2.24. The summed E-state index contributed by atoms with van der Waals surface area (Å²) in [5, 5.41) is 3.13. The highest BCUT2D eigenvalue weighted by molar-refractivity contribution is 5.95. The van der Waals surface area contributed by atoms with Crippen LogP contribution in [-0.2, 0) is 13.0 Å². The molecular formula is C21H30N2O. The number of aromatic nitrogens is 1. The molecule has 1 amide bonds. The van der Waals surface area contributed by atoms with Crippen molar-refractivity contribution in [1.29, 1.82) is 0 Å². The van der Waals surface area contributed by atoms with Gasteiger partial charge in [0, 0.05) is 18.3 Å². The first-order valence-electron chi connectivity index (χ1n) is 8.93. The van der Waals surface area contributed by atoms with Gasteiger partial charge in [-0.25, -0.2) is 0 Å². The Hall–Kier alpha value is -2.03. The van der Waals surface area contributed by atoms with Crippen molar-refractivity contribution in [3.05, 3.63) is 57.9 Å². The monoisotopic (exact) mass is 326 g/mol. The van der Waals surface area contributed by atoms with Gasteiger partial charge in [-0.2, -0.15) is 0 Å². The van der Waals surface area contributed by atoms with Crippen LogP contribution >= 0.6 is 0 Å². The van der Waals surface area contributed by atoms with Gasteiger partial charge in [-0.15, -0.1) is 0 Å². The van der Waals surface area contributed by atoms with Crippen molar-refractivity contribution in [2.45, 2.75) is 67.0 Å². The number of benzene rings is 1. The van der Waals surface area contributed by atoms with E-state index in [1.807, 2.05) is 0 Å². The molecule has 3 nitrogen and oxygen atoms in total. The quantitative estimate of drug-likeness (QED) is 0.830. The second-order valence-electron chi connectivity index (χ2n) is 6.75. The second kappa shape index (κ2) is 7.69. The average Bonchev–Trinajstić information content (AvgIpc) is 2.77. The number of hydrogen-bond donors (Lipinski definition) is 1. The van der Waals surface area contributed by atoms with Gasteiger partial charge >= 0.3 is 0 Å². The summed E-state index contributed by atoms with van der Waals surface area (Å²) >= 11 is 0. The summed E-state index contributed by atoms with van der Waals surface area (Å²) < 4.78 is 2.18. The fraction of sp³-hybridized carbons (Fsp3) is 0.476. The number of nitrogens with one attached hydrogen (secondary N) is 1. The highest BCUT2D eigenvalue weighted by atomic mass is 16.2. The zero-order chi connectivity index (χ0) is 17.9. The first-order valence-corrected chi connectivity index (χ1v) is 8.93. The third kappa shape index (κ3) is 3.72. The van der Waals surface area contributed by atoms with Gasteiger partial charge in [-0.05, 0) is 57.2 Å². The van der Waals surface area contributed by atoms with Gasteiger partial charge in [0.25, 0.3) is 5.91 Å². The Morgan fingerprint density at radius 3 is 2.50 bits per heavy atom. The molecular weight excluding hydrogens is 296 g/mol. The van der Waals surface area contributed by atoms with Gasteiger partial charge < -0.3 is 9.88 Å². The van der Waals surface area contributed by atoms with E-state index in [1.165, 1.54) is 22.4 Å². The molecule has 0 aliphatic carbocycles. The molecule has 0 radical (unpaired) electrons. The zero-order valence-electron chi connectivity index (χ0n) is 15.9. The molecule has 0 bridgehead atoms. The lowest BCUT2D eigenvalue weighted by molar-refractivity contribution is 0.0929. The summed E-state index contributed by atoms with van der Waals surface area (Å²) in [6.45, 7) is 13.3. The Bertz CT molecular complexity index is 728. The first kappa shape index (κ1) is 18.3. The van der Waals surface area contributed by atoms with E-state index in [1.54, 1.807) is 0 Å². The van der Waals surface area contributed by atoms with Crippen LogP contribution in [0.2, 0.25) is 0 Å². The third-order valence-electron chi connectivity index (χ3n) is 4.90. The second-order valence-corrected chi connectivity index (χ2v) is 6.75. The normalized spacial score (nSPS) is 12.2. The summed E-state index contributed by atoms with van der Waals surface area (Å²) in [7, 11) is 0. The van der Waals surface area contributed by atoms with E-state index in [4.69, 9.17) is 0 Å². The molecule has 0 saturated carbocycles. The molecule has 3 heteroatoms. The Labute approximate surface area is 146 Å². The fourth-order valence-corrected chi connectivity index (χ4v) is 3.35. The maximum atomic E-state index is 12.9. The molecule has 0 aliphatic heterocycles. The van der Waals surface area contributed by atoms with Gasteiger partial charge in [-0.3, -0.25) is 4.79 Å². The Morgan fingerprint density at radius 1 is 1.21 bits per heavy atom. The maximum absolute atomic E-state index is 12.9. The van der Waals surface area contributed by atoms with Gasteiger partial charge in [0.15, 0.2) is 0 Å². The predicted octanol–water partition coefficient (Wildman–Crippen LogP) is 4.55. The molecule has 130 valence electrons. The van der Waals surface area contributed by atoms with Crippen molar-refractivity contribution in [1.82, 2.24) is 9.88 Å². The number of amides is 1. The molecule has 0 aliphatic rings. The lowest BCUT2D eigenvalue weighted by Gasteiger charge is -2.16. The van der Waals surface area contributed by atoms with Crippen LogP contribution in [0.25, 0.3) is 0 Å². The molecule has 2 rings (SSSR count). The van der Waals surface area contributed by atoms with Crippen LogP contribution in [0.4, 0.5) is 0 Å². The minimum atomic E-state index is 0.0392. The molecule has 0 spiro atoms. The fourth-order valence-electron chi connectivity index (χ4n) is 3.35. The van der Waals surface area contributed by atoms with Crippen molar-refractivity contribution in [2.24, 2.45) is 0 Å². The van der Waals surface area contributed by atoms with Crippen molar-refractivity contribution < 1.29 is 4.79 Å². The van der Waals surface area contributed by atoms with Crippen molar-refractivity contribution in [3.63, 3.8) is 0 Å². The van der Waals surface area contributed by atoms with E-state index < -0.39 is 0 Å². The topological polar surface area (TPSA) is 34.0 Å². The zero-order valence-corrected chi connectivity index (χ0v) is 15.9. The lowest BCUT2D eigenvalue weighted by Crippen LogP contribution is -2.34. The molecule has 0 saturated heterocycles. The van der Waals surface area contributed by atoms with Crippen LogP contribution < -0.4 is 5.32 Å². The first-order chi connectivity index (χ1) is 11.4. The molecule has 0 unspecified atom stereocenters. The summed E-state index contributed by atoms with van der Waals surface area (Å²) in [6.07, 6.45) is 1.88.